The quantitative estimate of drug-likeness (QED) is 0.108. The predicted molar refractivity (Wildman–Crippen MR) is 113 cm³/mol. The number of rotatable bonds is 11. The fourth-order valence-corrected chi connectivity index (χ4v) is 3.58. The summed E-state index contributed by atoms with van der Waals surface area (Å²) < 4.78 is 21.1. The Morgan fingerprint density at radius 2 is 2.00 bits per heavy atom. The standard InChI is InChI=1S/C20H30N3O9P.2Na/c1-2-3-4-5-6-9-17(25)21-10-7-8-14-12-23(20(27)22-19(14)26)18-11-15(24)16(32-18)13-31-33(28,29)30;;/h12,15-16,18,24H,2-6,9-11,13H2,1H3,(H,21,25)(H,22,26,27)(H2,28,29,30);;/q;2*+1/p-2/t15-,16+,18+;;/m0../s1. The topological polar surface area (TPSA) is 186 Å². The second kappa shape index (κ2) is 17.3. The van der Waals surface area contributed by atoms with Gasteiger partial charge in [-0.3, -0.25) is 19.1 Å². The number of phosphoric acid groups is 1. The van der Waals surface area contributed by atoms with Gasteiger partial charge in [-0.25, -0.2) is 4.79 Å². The van der Waals surface area contributed by atoms with Crippen LogP contribution in [-0.2, 0) is 18.6 Å². The molecular formula is C20H28N3Na2O9P. The number of aliphatic hydroxyl groups is 1. The fraction of sp³-hybridized carbons (Fsp3) is 0.650. The number of unbranched alkanes of at least 4 members (excludes halogenated alkanes) is 4. The molecule has 1 aromatic rings. The first kappa shape index (κ1) is 34.7. The Hall–Kier alpha value is -0.260. The van der Waals surface area contributed by atoms with Crippen molar-refractivity contribution in [2.75, 3.05) is 13.2 Å². The summed E-state index contributed by atoms with van der Waals surface area (Å²) in [4.78, 5) is 59.3. The van der Waals surface area contributed by atoms with E-state index >= 15 is 0 Å². The molecule has 12 nitrogen and oxygen atoms in total. The first-order valence-electron chi connectivity index (χ1n) is 10.7. The zero-order valence-corrected chi connectivity index (χ0v) is 25.2. The summed E-state index contributed by atoms with van der Waals surface area (Å²) in [6, 6.07) is 0. The number of phosphoric ester groups is 1. The van der Waals surface area contributed by atoms with Crippen LogP contribution in [0.1, 0.15) is 63.7 Å². The molecule has 2 rings (SSSR count). The molecule has 1 aliphatic rings. The number of nitrogens with one attached hydrogen (secondary N) is 2. The Bertz CT molecular complexity index is 1030. The molecule has 0 spiro atoms. The van der Waals surface area contributed by atoms with Crippen LogP contribution >= 0.6 is 7.82 Å². The van der Waals surface area contributed by atoms with E-state index in [1.165, 1.54) is 0 Å². The smallest absolute Gasteiger partial charge is 0.790 e. The van der Waals surface area contributed by atoms with E-state index in [9.17, 15) is 33.8 Å². The summed E-state index contributed by atoms with van der Waals surface area (Å²) in [6.45, 7) is 1.43. The molecule has 0 radical (unpaired) electrons. The van der Waals surface area contributed by atoms with E-state index in [2.05, 4.69) is 33.6 Å². The maximum absolute atomic E-state index is 12.2. The van der Waals surface area contributed by atoms with Crippen molar-refractivity contribution in [2.24, 2.45) is 0 Å². The molecule has 0 bridgehead atoms. The van der Waals surface area contributed by atoms with Crippen molar-refractivity contribution in [1.82, 2.24) is 14.9 Å². The summed E-state index contributed by atoms with van der Waals surface area (Å²) in [6.07, 6.45) is 3.19. The van der Waals surface area contributed by atoms with Gasteiger partial charge in [0.25, 0.3) is 5.56 Å². The SMILES string of the molecule is CCCCCCCC(=O)NCC#Cc1cn([C@H]2C[C@H](O)[C@@H](COP(=O)([O-])[O-])O2)c(=O)[nH]c1=O.[Na+].[Na+]. The number of carbonyl (C=O) groups is 1. The Morgan fingerprint density at radius 1 is 1.31 bits per heavy atom. The Morgan fingerprint density at radius 3 is 2.66 bits per heavy atom. The third-order valence-corrected chi connectivity index (χ3v) is 5.45. The Labute approximate surface area is 247 Å². The molecule has 35 heavy (non-hydrogen) atoms. The van der Waals surface area contributed by atoms with Gasteiger partial charge in [-0.2, -0.15) is 0 Å². The van der Waals surface area contributed by atoms with Gasteiger partial charge in [0.1, 0.15) is 17.9 Å². The predicted octanol–water partition coefficient (Wildman–Crippen LogP) is -7.13. The molecule has 0 unspecified atom stereocenters. The average Bonchev–Trinajstić information content (AvgIpc) is 3.10. The molecule has 1 saturated heterocycles. The second-order valence-corrected chi connectivity index (χ2v) is 8.78. The van der Waals surface area contributed by atoms with Gasteiger partial charge >= 0.3 is 64.8 Å². The van der Waals surface area contributed by atoms with Gasteiger partial charge in [0.2, 0.25) is 5.91 Å². The molecule has 2 heterocycles. The number of nitrogens with zero attached hydrogens (tertiary/aromatic N) is 1. The Kier molecular flexibility index (Phi) is 17.2. The molecule has 0 saturated carbocycles. The van der Waals surface area contributed by atoms with Crippen molar-refractivity contribution in [3.8, 4) is 11.8 Å². The number of hydrogen-bond donors (Lipinski definition) is 3. The molecule has 1 amide bonds. The summed E-state index contributed by atoms with van der Waals surface area (Å²) >= 11 is 0. The van der Waals surface area contributed by atoms with Crippen molar-refractivity contribution in [3.63, 3.8) is 0 Å². The van der Waals surface area contributed by atoms with Crippen LogP contribution in [0.3, 0.4) is 0 Å². The first-order chi connectivity index (χ1) is 15.6. The van der Waals surface area contributed by atoms with Gasteiger partial charge in [0.15, 0.2) is 0 Å². The number of carbonyl (C=O) groups excluding carboxylic acids is 1. The van der Waals surface area contributed by atoms with Crippen molar-refractivity contribution in [3.05, 3.63) is 32.6 Å². The molecule has 15 heteroatoms. The van der Waals surface area contributed by atoms with Crippen molar-refractivity contribution in [1.29, 1.82) is 0 Å². The zero-order chi connectivity index (χ0) is 24.4. The monoisotopic (exact) mass is 531 g/mol. The number of aliphatic hydroxyl groups excluding tert-OH is 1. The average molecular weight is 531 g/mol. The number of H-pyrrole nitrogens is 1. The first-order valence-corrected chi connectivity index (χ1v) is 12.2. The number of aromatic amines is 1. The minimum absolute atomic E-state index is 0. The van der Waals surface area contributed by atoms with Crippen LogP contribution in [0, 0.1) is 11.8 Å². The maximum atomic E-state index is 12.2. The van der Waals surface area contributed by atoms with E-state index < -0.39 is 44.1 Å². The number of amides is 1. The largest absolute Gasteiger partial charge is 1.00 e. The van der Waals surface area contributed by atoms with Crippen molar-refractivity contribution < 1.29 is 92.6 Å². The van der Waals surface area contributed by atoms with Crippen LogP contribution in [0.2, 0.25) is 0 Å². The molecular weight excluding hydrogens is 503 g/mol. The van der Waals surface area contributed by atoms with Crippen LogP contribution in [0.25, 0.3) is 0 Å². The van der Waals surface area contributed by atoms with E-state index in [0.29, 0.717) is 6.42 Å². The number of aromatic nitrogens is 2. The second-order valence-electron chi connectivity index (χ2n) is 7.63. The molecule has 3 atom stereocenters. The van der Waals surface area contributed by atoms with Crippen LogP contribution in [0.4, 0.5) is 0 Å². The summed E-state index contributed by atoms with van der Waals surface area (Å²) in [5, 5.41) is 12.7. The minimum atomic E-state index is -5.25. The molecule has 184 valence electrons. The van der Waals surface area contributed by atoms with Gasteiger partial charge in [0.05, 0.1) is 27.1 Å². The van der Waals surface area contributed by atoms with Crippen LogP contribution in [-0.4, -0.2) is 45.9 Å². The molecule has 1 fully saturated rings. The van der Waals surface area contributed by atoms with Crippen LogP contribution in [0.5, 0.6) is 0 Å². The molecule has 3 N–H and O–H groups in total. The van der Waals surface area contributed by atoms with Gasteiger partial charge in [0, 0.05) is 19.0 Å². The zero-order valence-electron chi connectivity index (χ0n) is 20.3. The number of ether oxygens (including phenoxy) is 1. The normalized spacial score (nSPS) is 19.1. The van der Waals surface area contributed by atoms with Gasteiger partial charge < -0.3 is 34.0 Å². The maximum Gasteiger partial charge on any atom is 1.00 e. The van der Waals surface area contributed by atoms with E-state index in [0.717, 1.165) is 42.9 Å². The number of hydrogen-bond acceptors (Lipinski definition) is 9. The minimum Gasteiger partial charge on any atom is -0.790 e. The summed E-state index contributed by atoms with van der Waals surface area (Å²) in [7, 11) is -5.25. The van der Waals surface area contributed by atoms with E-state index in [1.807, 2.05) is 0 Å². The fourth-order valence-electron chi connectivity index (χ4n) is 3.25. The van der Waals surface area contributed by atoms with Crippen LogP contribution < -0.4 is 85.5 Å². The molecule has 1 aliphatic heterocycles. The molecule has 0 aliphatic carbocycles. The van der Waals surface area contributed by atoms with E-state index in [-0.39, 0.29) is 83.6 Å². The van der Waals surface area contributed by atoms with Crippen LogP contribution in [0.15, 0.2) is 15.8 Å². The third-order valence-electron chi connectivity index (χ3n) is 4.98. The molecule has 1 aromatic heterocycles. The Balaban J connectivity index is 0.00000578. The summed E-state index contributed by atoms with van der Waals surface area (Å²) in [5.41, 5.74) is -1.62. The van der Waals surface area contributed by atoms with E-state index in [1.54, 1.807) is 0 Å². The van der Waals surface area contributed by atoms with Crippen molar-refractivity contribution >= 4 is 13.7 Å². The van der Waals surface area contributed by atoms with Crippen molar-refractivity contribution in [2.45, 2.75) is 70.3 Å². The third kappa shape index (κ3) is 12.7. The van der Waals surface area contributed by atoms with Gasteiger partial charge in [-0.15, -0.1) is 0 Å². The van der Waals surface area contributed by atoms with E-state index in [4.69, 9.17) is 4.74 Å². The molecule has 0 aromatic carbocycles. The van der Waals surface area contributed by atoms with Gasteiger partial charge in [-0.05, 0) is 6.42 Å². The van der Waals surface area contributed by atoms with Gasteiger partial charge in [-0.1, -0.05) is 44.4 Å². The summed E-state index contributed by atoms with van der Waals surface area (Å²) in [5.74, 6) is 5.09.